The Morgan fingerprint density at radius 1 is 1.29 bits per heavy atom. The number of hydrogen-bond acceptors (Lipinski definition) is 2. The lowest BCUT2D eigenvalue weighted by atomic mass is 9.85. The predicted octanol–water partition coefficient (Wildman–Crippen LogP) is 2.69. The van der Waals surface area contributed by atoms with Crippen LogP contribution >= 0.6 is 0 Å². The van der Waals surface area contributed by atoms with Crippen molar-refractivity contribution in [2.24, 2.45) is 5.92 Å². The van der Waals surface area contributed by atoms with E-state index in [1.165, 1.54) is 0 Å². The van der Waals surface area contributed by atoms with Crippen LogP contribution in [-0.4, -0.2) is 15.3 Å². The molecule has 2 atom stereocenters. The number of aliphatic hydroxyl groups is 1. The van der Waals surface area contributed by atoms with Crippen molar-refractivity contribution in [2.45, 2.75) is 25.9 Å². The van der Waals surface area contributed by atoms with E-state index >= 15 is 0 Å². The van der Waals surface area contributed by atoms with Gasteiger partial charge in [0, 0.05) is 16.8 Å². The number of aliphatic hydroxyl groups excluding tert-OH is 1. The molecule has 0 aliphatic heterocycles. The second-order valence-corrected chi connectivity index (χ2v) is 4.89. The number of benzene rings is 1. The van der Waals surface area contributed by atoms with Crippen LogP contribution < -0.4 is 0 Å². The molecule has 2 N–H and O–H groups in total. The zero-order valence-electron chi connectivity index (χ0n) is 9.85. The van der Waals surface area contributed by atoms with Gasteiger partial charge in [0.1, 0.15) is 0 Å². The molecule has 2 aromatic rings. The van der Waals surface area contributed by atoms with Crippen molar-refractivity contribution in [3.05, 3.63) is 41.6 Å². The number of hydrogen-bond donors (Lipinski definition) is 2. The zero-order valence-corrected chi connectivity index (χ0v) is 9.85. The van der Waals surface area contributed by atoms with Crippen LogP contribution in [0.2, 0.25) is 0 Å². The molecule has 0 spiro atoms. The molecule has 3 nitrogen and oxygen atoms in total. The summed E-state index contributed by atoms with van der Waals surface area (Å²) in [5.74, 6) is 0.515. The second-order valence-electron chi connectivity index (χ2n) is 4.89. The number of nitrogens with one attached hydrogen (secondary N) is 1. The van der Waals surface area contributed by atoms with Gasteiger partial charge in [-0.05, 0) is 18.8 Å². The number of aromatic amines is 1. The van der Waals surface area contributed by atoms with Gasteiger partial charge in [0.15, 0.2) is 0 Å². The van der Waals surface area contributed by atoms with Crippen LogP contribution in [0.25, 0.3) is 11.3 Å². The molecule has 88 valence electrons. The SMILES string of the molecule is CC1Cc2[nH]nc(-c3ccccc3)c2C(O)C1. The van der Waals surface area contributed by atoms with Crippen LogP contribution in [0.15, 0.2) is 30.3 Å². The lowest BCUT2D eigenvalue weighted by Crippen LogP contribution is -2.15. The van der Waals surface area contributed by atoms with Gasteiger partial charge in [-0.15, -0.1) is 0 Å². The van der Waals surface area contributed by atoms with Crippen molar-refractivity contribution in [3.63, 3.8) is 0 Å². The maximum absolute atomic E-state index is 10.2. The summed E-state index contributed by atoms with van der Waals surface area (Å²) in [5, 5.41) is 17.6. The van der Waals surface area contributed by atoms with Gasteiger partial charge in [-0.3, -0.25) is 5.10 Å². The first-order valence-electron chi connectivity index (χ1n) is 6.06. The summed E-state index contributed by atoms with van der Waals surface area (Å²) in [4.78, 5) is 0. The fourth-order valence-corrected chi connectivity index (χ4v) is 2.65. The van der Waals surface area contributed by atoms with Crippen molar-refractivity contribution >= 4 is 0 Å². The molecular formula is C14H16N2O. The highest BCUT2D eigenvalue weighted by atomic mass is 16.3. The van der Waals surface area contributed by atoms with Gasteiger partial charge in [0.25, 0.3) is 0 Å². The number of nitrogens with zero attached hydrogens (tertiary/aromatic N) is 1. The molecule has 1 heterocycles. The smallest absolute Gasteiger partial charge is 0.0981 e. The molecule has 1 aliphatic rings. The first-order valence-corrected chi connectivity index (χ1v) is 6.06. The lowest BCUT2D eigenvalue weighted by Gasteiger charge is -2.23. The third-order valence-corrected chi connectivity index (χ3v) is 3.44. The van der Waals surface area contributed by atoms with E-state index < -0.39 is 0 Å². The molecular weight excluding hydrogens is 212 g/mol. The first-order chi connectivity index (χ1) is 8.25. The van der Waals surface area contributed by atoms with Crippen molar-refractivity contribution in [3.8, 4) is 11.3 Å². The van der Waals surface area contributed by atoms with E-state index in [1.807, 2.05) is 30.3 Å². The van der Waals surface area contributed by atoms with Crippen LogP contribution in [0.4, 0.5) is 0 Å². The van der Waals surface area contributed by atoms with E-state index in [0.717, 1.165) is 35.4 Å². The quantitative estimate of drug-likeness (QED) is 0.788. The fraction of sp³-hybridized carbons (Fsp3) is 0.357. The van der Waals surface area contributed by atoms with E-state index in [4.69, 9.17) is 0 Å². The molecule has 1 aromatic carbocycles. The van der Waals surface area contributed by atoms with E-state index in [9.17, 15) is 5.11 Å². The highest BCUT2D eigenvalue weighted by molar-refractivity contribution is 5.64. The molecule has 2 unspecified atom stereocenters. The number of rotatable bonds is 1. The van der Waals surface area contributed by atoms with E-state index in [-0.39, 0.29) is 6.10 Å². The molecule has 0 saturated heterocycles. The Morgan fingerprint density at radius 3 is 2.82 bits per heavy atom. The minimum absolute atomic E-state index is 0.386. The Kier molecular flexibility index (Phi) is 2.48. The summed E-state index contributed by atoms with van der Waals surface area (Å²) in [6, 6.07) is 10.0. The Balaban J connectivity index is 2.09. The standard InChI is InChI=1S/C14H16N2O/c1-9-7-11-13(12(17)8-9)14(16-15-11)10-5-3-2-4-6-10/h2-6,9,12,17H,7-8H2,1H3,(H,15,16). The molecule has 0 fully saturated rings. The van der Waals surface area contributed by atoms with Gasteiger partial charge in [-0.2, -0.15) is 5.10 Å². The zero-order chi connectivity index (χ0) is 11.8. The second kappa shape index (κ2) is 4.00. The van der Waals surface area contributed by atoms with Gasteiger partial charge < -0.3 is 5.11 Å². The number of H-pyrrole nitrogens is 1. The van der Waals surface area contributed by atoms with Crippen LogP contribution in [0.1, 0.15) is 30.7 Å². The molecule has 3 rings (SSSR count). The van der Waals surface area contributed by atoms with E-state index in [0.29, 0.717) is 5.92 Å². The third kappa shape index (κ3) is 1.76. The summed E-state index contributed by atoms with van der Waals surface area (Å²) in [6.45, 7) is 2.16. The summed E-state index contributed by atoms with van der Waals surface area (Å²) < 4.78 is 0. The molecule has 1 aromatic heterocycles. The largest absolute Gasteiger partial charge is 0.388 e. The van der Waals surface area contributed by atoms with Crippen LogP contribution in [0, 0.1) is 5.92 Å². The average Bonchev–Trinajstić information content (AvgIpc) is 2.74. The average molecular weight is 228 g/mol. The van der Waals surface area contributed by atoms with Gasteiger partial charge in [-0.1, -0.05) is 37.3 Å². The molecule has 1 aliphatic carbocycles. The summed E-state index contributed by atoms with van der Waals surface area (Å²) >= 11 is 0. The number of fused-ring (bicyclic) bond motifs is 1. The van der Waals surface area contributed by atoms with Gasteiger partial charge in [0.05, 0.1) is 11.8 Å². The Morgan fingerprint density at radius 2 is 2.06 bits per heavy atom. The Labute approximate surface area is 100 Å². The van der Waals surface area contributed by atoms with E-state index in [1.54, 1.807) is 0 Å². The van der Waals surface area contributed by atoms with Crippen LogP contribution in [0.5, 0.6) is 0 Å². The fourth-order valence-electron chi connectivity index (χ4n) is 2.65. The van der Waals surface area contributed by atoms with Gasteiger partial charge >= 0.3 is 0 Å². The minimum atomic E-state index is -0.386. The maximum atomic E-state index is 10.2. The number of aromatic nitrogens is 2. The Hall–Kier alpha value is -1.61. The van der Waals surface area contributed by atoms with Crippen molar-refractivity contribution in [2.75, 3.05) is 0 Å². The van der Waals surface area contributed by atoms with Crippen LogP contribution in [-0.2, 0) is 6.42 Å². The summed E-state index contributed by atoms with van der Waals surface area (Å²) in [7, 11) is 0. The van der Waals surface area contributed by atoms with Gasteiger partial charge in [0.2, 0.25) is 0 Å². The minimum Gasteiger partial charge on any atom is -0.388 e. The van der Waals surface area contributed by atoms with Crippen molar-refractivity contribution in [1.29, 1.82) is 0 Å². The normalized spacial score (nSPS) is 23.4. The first kappa shape index (κ1) is 10.5. The summed E-state index contributed by atoms with van der Waals surface area (Å²) in [6.07, 6.45) is 1.42. The maximum Gasteiger partial charge on any atom is 0.0981 e. The van der Waals surface area contributed by atoms with Gasteiger partial charge in [-0.25, -0.2) is 0 Å². The topological polar surface area (TPSA) is 48.9 Å². The van der Waals surface area contributed by atoms with E-state index in [2.05, 4.69) is 17.1 Å². The molecule has 0 saturated carbocycles. The molecule has 0 amide bonds. The van der Waals surface area contributed by atoms with Crippen LogP contribution in [0.3, 0.4) is 0 Å². The summed E-state index contributed by atoms with van der Waals surface area (Å²) in [5.41, 5.74) is 4.06. The molecule has 0 bridgehead atoms. The molecule has 3 heteroatoms. The van der Waals surface area contributed by atoms with Crippen molar-refractivity contribution in [1.82, 2.24) is 10.2 Å². The lowest BCUT2D eigenvalue weighted by molar-refractivity contribution is 0.137. The Bertz CT molecular complexity index is 518. The van der Waals surface area contributed by atoms with Crippen molar-refractivity contribution < 1.29 is 5.11 Å². The highest BCUT2D eigenvalue weighted by Gasteiger charge is 2.28. The molecule has 17 heavy (non-hydrogen) atoms. The monoisotopic (exact) mass is 228 g/mol. The third-order valence-electron chi connectivity index (χ3n) is 3.44. The predicted molar refractivity (Wildman–Crippen MR) is 66.5 cm³/mol. The highest BCUT2D eigenvalue weighted by Crippen LogP contribution is 2.37. The molecule has 0 radical (unpaired) electrons.